The number of aromatic nitrogens is 3. The zero-order valence-electron chi connectivity index (χ0n) is 9.12. The Labute approximate surface area is 97.5 Å². The molecule has 0 aliphatic carbocycles. The number of carbonyl (C=O) groups excluding carboxylic acids is 1. The van der Waals surface area contributed by atoms with E-state index in [1.54, 1.807) is 12.1 Å². The van der Waals surface area contributed by atoms with Gasteiger partial charge in [0.2, 0.25) is 11.7 Å². The number of hydrogen-bond acceptors (Lipinski definition) is 6. The highest BCUT2D eigenvalue weighted by Gasteiger charge is 2.14. The molecule has 2 aromatic rings. The maximum atomic E-state index is 12.0. The average molecular weight is 230 g/mol. The highest BCUT2D eigenvalue weighted by molar-refractivity contribution is 6.10. The molecule has 0 bridgehead atoms. The van der Waals surface area contributed by atoms with Gasteiger partial charge in [-0.15, -0.1) is 10.2 Å². The van der Waals surface area contributed by atoms with Crippen LogP contribution in [0.4, 0.5) is 5.69 Å². The van der Waals surface area contributed by atoms with E-state index in [0.29, 0.717) is 17.1 Å². The van der Waals surface area contributed by atoms with Gasteiger partial charge in [0.25, 0.3) is 0 Å². The molecule has 6 nitrogen and oxygen atoms in total. The van der Waals surface area contributed by atoms with Crippen LogP contribution >= 0.6 is 0 Å². The molecule has 0 unspecified atom stereocenters. The fourth-order valence-corrected chi connectivity index (χ4v) is 1.28. The molecule has 0 saturated carbocycles. The Balaban J connectivity index is 2.34. The summed E-state index contributed by atoms with van der Waals surface area (Å²) in [6.07, 6.45) is 2.93. The molecule has 2 aromatic heterocycles. The number of carbonyl (C=O) groups is 1. The minimum atomic E-state index is -0.314. The standard InChI is InChI=1S/C11H10N4O2/c1-17-10-3-2-9(14-15-10)11(16)7-6-13-5-4-8(7)12/h2-6H,1H3,(H2,12,13). The van der Waals surface area contributed by atoms with Crippen molar-refractivity contribution >= 4 is 11.5 Å². The molecule has 0 amide bonds. The zero-order chi connectivity index (χ0) is 12.3. The number of nitrogen functional groups attached to an aromatic ring is 1. The van der Waals surface area contributed by atoms with Gasteiger partial charge in [-0.1, -0.05) is 0 Å². The fourth-order valence-electron chi connectivity index (χ4n) is 1.28. The molecule has 0 radical (unpaired) electrons. The Morgan fingerprint density at radius 3 is 2.71 bits per heavy atom. The first kappa shape index (κ1) is 11.0. The maximum Gasteiger partial charge on any atom is 0.233 e. The Bertz CT molecular complexity index is 539. The highest BCUT2D eigenvalue weighted by atomic mass is 16.5. The number of pyridine rings is 1. The number of nitrogens with two attached hydrogens (primary N) is 1. The van der Waals surface area contributed by atoms with Gasteiger partial charge in [-0.2, -0.15) is 0 Å². The lowest BCUT2D eigenvalue weighted by molar-refractivity contribution is 0.103. The van der Waals surface area contributed by atoms with Crippen LogP contribution in [0.1, 0.15) is 16.1 Å². The topological polar surface area (TPSA) is 91.0 Å². The van der Waals surface area contributed by atoms with Crippen molar-refractivity contribution in [3.63, 3.8) is 0 Å². The van der Waals surface area contributed by atoms with Crippen molar-refractivity contribution < 1.29 is 9.53 Å². The van der Waals surface area contributed by atoms with Crippen LogP contribution in [0.15, 0.2) is 30.6 Å². The third-order valence-electron chi connectivity index (χ3n) is 2.18. The normalized spacial score (nSPS) is 9.94. The number of methoxy groups -OCH3 is 1. The summed E-state index contributed by atoms with van der Waals surface area (Å²) in [7, 11) is 1.48. The number of nitrogens with zero attached hydrogens (tertiary/aromatic N) is 3. The van der Waals surface area contributed by atoms with Crippen LogP contribution in [-0.4, -0.2) is 28.1 Å². The third-order valence-corrected chi connectivity index (χ3v) is 2.18. The van der Waals surface area contributed by atoms with Crippen molar-refractivity contribution in [1.29, 1.82) is 0 Å². The van der Waals surface area contributed by atoms with Gasteiger partial charge in [-0.25, -0.2) is 0 Å². The van der Waals surface area contributed by atoms with E-state index < -0.39 is 0 Å². The van der Waals surface area contributed by atoms with E-state index >= 15 is 0 Å². The van der Waals surface area contributed by atoms with Crippen molar-refractivity contribution in [2.75, 3.05) is 12.8 Å². The maximum absolute atomic E-state index is 12.0. The molecule has 0 saturated heterocycles. The summed E-state index contributed by atoms with van der Waals surface area (Å²) in [5.41, 5.74) is 6.56. The van der Waals surface area contributed by atoms with Crippen LogP contribution in [0.25, 0.3) is 0 Å². The van der Waals surface area contributed by atoms with Gasteiger partial charge in [-0.3, -0.25) is 9.78 Å². The molecule has 0 atom stereocenters. The lowest BCUT2D eigenvalue weighted by Crippen LogP contribution is -2.08. The summed E-state index contributed by atoms with van der Waals surface area (Å²) in [5, 5.41) is 7.48. The molecule has 86 valence electrons. The first-order chi connectivity index (χ1) is 8.22. The highest BCUT2D eigenvalue weighted by Crippen LogP contribution is 2.14. The first-order valence-corrected chi connectivity index (χ1v) is 4.84. The molecule has 6 heteroatoms. The van der Waals surface area contributed by atoms with E-state index in [2.05, 4.69) is 15.2 Å². The molecule has 0 aliphatic rings. The smallest absolute Gasteiger partial charge is 0.233 e. The Morgan fingerprint density at radius 2 is 2.12 bits per heavy atom. The second-order valence-electron chi connectivity index (χ2n) is 3.25. The van der Waals surface area contributed by atoms with Gasteiger partial charge < -0.3 is 10.5 Å². The Morgan fingerprint density at radius 1 is 1.29 bits per heavy atom. The molecular formula is C11H10N4O2. The SMILES string of the molecule is COc1ccc(C(=O)c2cnccc2N)nn1. The third kappa shape index (κ3) is 2.20. The van der Waals surface area contributed by atoms with Crippen molar-refractivity contribution in [2.24, 2.45) is 0 Å². The zero-order valence-corrected chi connectivity index (χ0v) is 9.12. The van der Waals surface area contributed by atoms with Gasteiger partial charge in [0.15, 0.2) is 0 Å². The van der Waals surface area contributed by atoms with Crippen molar-refractivity contribution in [3.05, 3.63) is 41.9 Å². The molecule has 0 aromatic carbocycles. The second-order valence-corrected chi connectivity index (χ2v) is 3.25. The quantitative estimate of drug-likeness (QED) is 0.780. The van der Waals surface area contributed by atoms with E-state index in [9.17, 15) is 4.79 Å². The number of anilines is 1. The largest absolute Gasteiger partial charge is 0.480 e. The fraction of sp³-hybridized carbons (Fsp3) is 0.0909. The van der Waals surface area contributed by atoms with E-state index in [4.69, 9.17) is 10.5 Å². The number of hydrogen-bond donors (Lipinski definition) is 1. The molecule has 0 spiro atoms. The van der Waals surface area contributed by atoms with Crippen LogP contribution in [0.2, 0.25) is 0 Å². The van der Waals surface area contributed by atoms with Gasteiger partial charge in [0.05, 0.1) is 12.7 Å². The molecule has 2 N–H and O–H groups in total. The van der Waals surface area contributed by atoms with E-state index in [1.165, 1.54) is 25.6 Å². The van der Waals surface area contributed by atoms with Crippen LogP contribution in [-0.2, 0) is 0 Å². The summed E-state index contributed by atoms with van der Waals surface area (Å²) < 4.78 is 4.86. The van der Waals surface area contributed by atoms with Crippen molar-refractivity contribution in [1.82, 2.24) is 15.2 Å². The minimum Gasteiger partial charge on any atom is -0.480 e. The van der Waals surface area contributed by atoms with E-state index in [1.807, 2.05) is 0 Å². The van der Waals surface area contributed by atoms with Gasteiger partial charge in [-0.05, 0) is 12.1 Å². The van der Waals surface area contributed by atoms with E-state index in [0.717, 1.165) is 0 Å². The van der Waals surface area contributed by atoms with Crippen LogP contribution in [0.5, 0.6) is 5.88 Å². The van der Waals surface area contributed by atoms with Crippen LogP contribution in [0, 0.1) is 0 Å². The lowest BCUT2D eigenvalue weighted by Gasteiger charge is -2.03. The average Bonchev–Trinajstić information content (AvgIpc) is 2.39. The molecule has 2 rings (SSSR count). The van der Waals surface area contributed by atoms with Crippen molar-refractivity contribution in [2.45, 2.75) is 0 Å². The van der Waals surface area contributed by atoms with Crippen LogP contribution in [0.3, 0.4) is 0 Å². The Hall–Kier alpha value is -2.50. The first-order valence-electron chi connectivity index (χ1n) is 4.84. The Kier molecular flexibility index (Phi) is 2.95. The summed E-state index contributed by atoms with van der Waals surface area (Å²) in [5.74, 6) is 0.0338. The summed E-state index contributed by atoms with van der Waals surface area (Å²) in [6, 6.07) is 4.65. The molecule has 0 aliphatic heterocycles. The molecule has 17 heavy (non-hydrogen) atoms. The molecular weight excluding hydrogens is 220 g/mol. The molecule has 0 fully saturated rings. The predicted molar refractivity (Wildman–Crippen MR) is 60.7 cm³/mol. The number of rotatable bonds is 3. The lowest BCUT2D eigenvalue weighted by atomic mass is 10.1. The predicted octanol–water partition coefficient (Wildman–Crippen LogP) is 0.693. The summed E-state index contributed by atoms with van der Waals surface area (Å²) in [4.78, 5) is 15.9. The van der Waals surface area contributed by atoms with Crippen LogP contribution < -0.4 is 10.5 Å². The van der Waals surface area contributed by atoms with Gasteiger partial charge >= 0.3 is 0 Å². The van der Waals surface area contributed by atoms with Gasteiger partial charge in [0.1, 0.15) is 5.69 Å². The number of ketones is 1. The van der Waals surface area contributed by atoms with Crippen molar-refractivity contribution in [3.8, 4) is 5.88 Å². The minimum absolute atomic E-state index is 0.200. The van der Waals surface area contributed by atoms with Gasteiger partial charge in [0, 0.05) is 24.1 Å². The summed E-state index contributed by atoms with van der Waals surface area (Å²) in [6.45, 7) is 0. The second kappa shape index (κ2) is 4.56. The monoisotopic (exact) mass is 230 g/mol. The summed E-state index contributed by atoms with van der Waals surface area (Å²) >= 11 is 0. The number of ether oxygens (including phenoxy) is 1. The van der Waals surface area contributed by atoms with E-state index in [-0.39, 0.29) is 11.5 Å². The molecule has 2 heterocycles.